The minimum absolute atomic E-state index is 0.0900. The van der Waals surface area contributed by atoms with Gasteiger partial charge in [-0.25, -0.2) is 19.3 Å². The number of hydrogen-bond acceptors (Lipinski definition) is 5. The molecule has 0 atom stereocenters. The number of hydrogen-bond donors (Lipinski definition) is 1. The lowest BCUT2D eigenvalue weighted by molar-refractivity contribution is -0.141. The quantitative estimate of drug-likeness (QED) is 0.811. The van der Waals surface area contributed by atoms with Crippen LogP contribution in [0.1, 0.15) is 30.1 Å². The maximum atomic E-state index is 15.1. The van der Waals surface area contributed by atoms with Crippen molar-refractivity contribution in [2.45, 2.75) is 38.5 Å². The SMILES string of the molecule is Cc1cc(NCC2(F)CCN(c3cccc(C(F)(F)F)n3)CC2)nc(C)n1. The number of alkyl halides is 4. The Morgan fingerprint density at radius 2 is 1.81 bits per heavy atom. The number of pyridine rings is 1. The molecule has 1 saturated heterocycles. The van der Waals surface area contributed by atoms with Crippen molar-refractivity contribution in [3.8, 4) is 0 Å². The van der Waals surface area contributed by atoms with Crippen molar-refractivity contribution in [1.82, 2.24) is 15.0 Å². The average molecular weight is 383 g/mol. The first-order chi connectivity index (χ1) is 12.6. The first-order valence-corrected chi connectivity index (χ1v) is 8.69. The summed E-state index contributed by atoms with van der Waals surface area (Å²) >= 11 is 0. The highest BCUT2D eigenvalue weighted by Crippen LogP contribution is 2.32. The van der Waals surface area contributed by atoms with Crippen LogP contribution in [-0.2, 0) is 6.18 Å². The predicted molar refractivity (Wildman–Crippen MR) is 94.5 cm³/mol. The fourth-order valence-corrected chi connectivity index (χ4v) is 3.13. The molecular weight excluding hydrogens is 362 g/mol. The van der Waals surface area contributed by atoms with E-state index in [1.165, 1.54) is 12.1 Å². The number of nitrogens with zero attached hydrogens (tertiary/aromatic N) is 4. The van der Waals surface area contributed by atoms with E-state index < -0.39 is 17.5 Å². The Kier molecular flexibility index (Phi) is 5.21. The van der Waals surface area contributed by atoms with Gasteiger partial charge >= 0.3 is 6.18 Å². The molecule has 1 aliphatic heterocycles. The molecule has 0 unspecified atom stereocenters. The van der Waals surface area contributed by atoms with E-state index in [1.807, 2.05) is 6.92 Å². The van der Waals surface area contributed by atoms with Crippen molar-refractivity contribution < 1.29 is 17.6 Å². The van der Waals surface area contributed by atoms with Gasteiger partial charge in [-0.1, -0.05) is 6.07 Å². The second-order valence-corrected chi connectivity index (χ2v) is 6.81. The second-order valence-electron chi connectivity index (χ2n) is 6.81. The van der Waals surface area contributed by atoms with Gasteiger partial charge in [0.25, 0.3) is 0 Å². The van der Waals surface area contributed by atoms with Crippen molar-refractivity contribution in [3.05, 3.63) is 41.5 Å². The number of aromatic nitrogens is 3. The third-order valence-corrected chi connectivity index (χ3v) is 4.56. The maximum Gasteiger partial charge on any atom is 0.433 e. The number of piperidine rings is 1. The zero-order valence-corrected chi connectivity index (χ0v) is 15.1. The van der Waals surface area contributed by atoms with E-state index in [1.54, 1.807) is 17.9 Å². The molecule has 5 nitrogen and oxygen atoms in total. The third-order valence-electron chi connectivity index (χ3n) is 4.56. The molecule has 1 aliphatic rings. The lowest BCUT2D eigenvalue weighted by Gasteiger charge is -2.37. The van der Waals surface area contributed by atoms with E-state index in [9.17, 15) is 13.2 Å². The molecule has 0 spiro atoms. The maximum absolute atomic E-state index is 15.1. The fourth-order valence-electron chi connectivity index (χ4n) is 3.13. The van der Waals surface area contributed by atoms with Crippen molar-refractivity contribution in [1.29, 1.82) is 0 Å². The number of anilines is 2. The van der Waals surface area contributed by atoms with Crippen molar-refractivity contribution in [3.63, 3.8) is 0 Å². The molecule has 146 valence electrons. The summed E-state index contributed by atoms with van der Waals surface area (Å²) in [6, 6.07) is 5.52. The van der Waals surface area contributed by atoms with Gasteiger partial charge in [0.2, 0.25) is 0 Å². The molecule has 27 heavy (non-hydrogen) atoms. The van der Waals surface area contributed by atoms with Crippen LogP contribution < -0.4 is 10.2 Å². The highest BCUT2D eigenvalue weighted by atomic mass is 19.4. The Morgan fingerprint density at radius 3 is 2.44 bits per heavy atom. The largest absolute Gasteiger partial charge is 0.433 e. The van der Waals surface area contributed by atoms with E-state index in [4.69, 9.17) is 0 Å². The van der Waals surface area contributed by atoms with E-state index in [2.05, 4.69) is 20.3 Å². The molecule has 0 aliphatic carbocycles. The van der Waals surface area contributed by atoms with Gasteiger partial charge in [0, 0.05) is 37.7 Å². The summed E-state index contributed by atoms with van der Waals surface area (Å²) in [6.45, 7) is 4.30. The summed E-state index contributed by atoms with van der Waals surface area (Å²) < 4.78 is 53.5. The minimum Gasteiger partial charge on any atom is -0.367 e. The summed E-state index contributed by atoms with van der Waals surface area (Å²) in [5.41, 5.74) is -1.60. The van der Waals surface area contributed by atoms with Gasteiger partial charge in [-0.2, -0.15) is 13.2 Å². The Morgan fingerprint density at radius 1 is 1.11 bits per heavy atom. The van der Waals surface area contributed by atoms with Gasteiger partial charge < -0.3 is 10.2 Å². The molecule has 3 heterocycles. The minimum atomic E-state index is -4.49. The van der Waals surface area contributed by atoms with Crippen molar-refractivity contribution in [2.24, 2.45) is 0 Å². The molecule has 0 amide bonds. The molecule has 0 bridgehead atoms. The molecule has 3 rings (SSSR count). The predicted octanol–water partition coefficient (Wildman–Crippen LogP) is 3.93. The highest BCUT2D eigenvalue weighted by molar-refractivity contribution is 5.41. The molecule has 1 N–H and O–H groups in total. The Balaban J connectivity index is 1.61. The lowest BCUT2D eigenvalue weighted by Crippen LogP contribution is -2.46. The van der Waals surface area contributed by atoms with Crippen LogP contribution in [0.2, 0.25) is 0 Å². The number of halogens is 4. The number of nitrogens with one attached hydrogen (secondary N) is 1. The molecule has 9 heteroatoms. The molecule has 0 saturated carbocycles. The highest BCUT2D eigenvalue weighted by Gasteiger charge is 2.36. The molecular formula is C18H21F4N5. The van der Waals surface area contributed by atoms with Crippen LogP contribution in [-0.4, -0.2) is 40.3 Å². The van der Waals surface area contributed by atoms with Crippen molar-refractivity contribution in [2.75, 3.05) is 29.9 Å². The summed E-state index contributed by atoms with van der Waals surface area (Å²) in [5, 5.41) is 3.01. The summed E-state index contributed by atoms with van der Waals surface area (Å²) in [6.07, 6.45) is -4.10. The zero-order chi connectivity index (χ0) is 19.7. The van der Waals surface area contributed by atoms with E-state index in [-0.39, 0.29) is 25.2 Å². The molecule has 2 aromatic rings. The topological polar surface area (TPSA) is 53.9 Å². The van der Waals surface area contributed by atoms with Gasteiger partial charge in [-0.05, 0) is 26.0 Å². The fraction of sp³-hybridized carbons (Fsp3) is 0.500. The monoisotopic (exact) mass is 383 g/mol. The van der Waals surface area contributed by atoms with Crippen LogP contribution in [0.15, 0.2) is 24.3 Å². The van der Waals surface area contributed by atoms with Crippen LogP contribution in [0.5, 0.6) is 0 Å². The molecule has 0 radical (unpaired) electrons. The zero-order valence-electron chi connectivity index (χ0n) is 15.1. The Bertz CT molecular complexity index is 780. The molecule has 0 aromatic carbocycles. The van der Waals surface area contributed by atoms with E-state index >= 15 is 4.39 Å². The van der Waals surface area contributed by atoms with Crippen molar-refractivity contribution >= 4 is 11.6 Å². The first-order valence-electron chi connectivity index (χ1n) is 8.69. The number of aryl methyl sites for hydroxylation is 2. The molecule has 2 aromatic heterocycles. The third kappa shape index (κ3) is 4.84. The summed E-state index contributed by atoms with van der Waals surface area (Å²) in [5.74, 6) is 1.40. The average Bonchev–Trinajstić information content (AvgIpc) is 2.59. The van der Waals surface area contributed by atoms with Crippen LogP contribution >= 0.6 is 0 Å². The van der Waals surface area contributed by atoms with Crippen LogP contribution in [0.4, 0.5) is 29.2 Å². The van der Waals surface area contributed by atoms with Gasteiger partial charge in [0.15, 0.2) is 0 Å². The smallest absolute Gasteiger partial charge is 0.367 e. The van der Waals surface area contributed by atoms with Gasteiger partial charge in [0.05, 0.1) is 6.54 Å². The van der Waals surface area contributed by atoms with Gasteiger partial charge in [0.1, 0.15) is 28.8 Å². The normalized spacial score (nSPS) is 17.0. The van der Waals surface area contributed by atoms with Crippen LogP contribution in [0, 0.1) is 13.8 Å². The molecule has 1 fully saturated rings. The second kappa shape index (κ2) is 7.28. The standard InChI is InChI=1S/C18H21F4N5/c1-12-10-15(25-13(2)24-12)23-11-17(19)6-8-27(9-7-17)16-5-3-4-14(26-16)18(20,21)22/h3-5,10H,6-9,11H2,1-2H3,(H,23,24,25). The lowest BCUT2D eigenvalue weighted by atomic mass is 9.93. The Labute approximate surface area is 154 Å². The van der Waals surface area contributed by atoms with Gasteiger partial charge in [-0.15, -0.1) is 0 Å². The van der Waals surface area contributed by atoms with E-state index in [0.29, 0.717) is 24.7 Å². The van der Waals surface area contributed by atoms with E-state index in [0.717, 1.165) is 11.8 Å². The van der Waals surface area contributed by atoms with Crippen LogP contribution in [0.25, 0.3) is 0 Å². The summed E-state index contributed by atoms with van der Waals surface area (Å²) in [7, 11) is 0. The summed E-state index contributed by atoms with van der Waals surface area (Å²) in [4.78, 5) is 13.8. The Hall–Kier alpha value is -2.45. The van der Waals surface area contributed by atoms with Gasteiger partial charge in [-0.3, -0.25) is 0 Å². The first kappa shape index (κ1) is 19.3. The number of rotatable bonds is 4. The van der Waals surface area contributed by atoms with Crippen LogP contribution in [0.3, 0.4) is 0 Å².